The fourth-order valence-corrected chi connectivity index (χ4v) is 4.80. The van der Waals surface area contributed by atoms with E-state index >= 15 is 0 Å². The number of sulfonamides is 1. The van der Waals surface area contributed by atoms with Crippen molar-refractivity contribution in [1.29, 1.82) is 0 Å². The van der Waals surface area contributed by atoms with Crippen LogP contribution in [0.5, 0.6) is 5.75 Å². The number of hydrogen-bond acceptors (Lipinski definition) is 4. The van der Waals surface area contributed by atoms with Gasteiger partial charge in [-0.25, -0.2) is 8.42 Å². The van der Waals surface area contributed by atoms with E-state index in [0.29, 0.717) is 41.8 Å². The molecule has 2 aromatic carbocycles. The van der Waals surface area contributed by atoms with Crippen LogP contribution < -0.4 is 9.64 Å². The first-order chi connectivity index (χ1) is 11.9. The van der Waals surface area contributed by atoms with Crippen LogP contribution in [0.25, 0.3) is 0 Å². The molecule has 1 fully saturated rings. The summed E-state index contributed by atoms with van der Waals surface area (Å²) in [5.74, 6) is 0.683. The van der Waals surface area contributed by atoms with Gasteiger partial charge in [-0.3, -0.25) is 0 Å². The zero-order valence-electron chi connectivity index (χ0n) is 14.3. The fraction of sp³-hybridized carbons (Fsp3) is 0.333. The van der Waals surface area contributed by atoms with Crippen LogP contribution in [-0.4, -0.2) is 46.0 Å². The monoisotopic (exact) mass is 380 g/mol. The molecule has 0 aliphatic carbocycles. The van der Waals surface area contributed by atoms with Gasteiger partial charge in [-0.05, 0) is 42.8 Å². The highest BCUT2D eigenvalue weighted by molar-refractivity contribution is 7.89. The molecule has 0 unspecified atom stereocenters. The third-order valence-corrected chi connectivity index (χ3v) is 6.65. The van der Waals surface area contributed by atoms with Crippen LogP contribution in [0.1, 0.15) is 5.56 Å². The Bertz CT molecular complexity index is 862. The summed E-state index contributed by atoms with van der Waals surface area (Å²) in [6.07, 6.45) is 0. The number of halogens is 1. The smallest absolute Gasteiger partial charge is 0.243 e. The quantitative estimate of drug-likeness (QED) is 0.817. The maximum absolute atomic E-state index is 12.9. The number of anilines is 1. The SMILES string of the molecule is COc1ccc(S(=O)(=O)N2CCN(c3ccccc3Cl)CC2)cc1C. The molecule has 5 nitrogen and oxygen atoms in total. The lowest BCUT2D eigenvalue weighted by Gasteiger charge is -2.35. The maximum Gasteiger partial charge on any atom is 0.243 e. The summed E-state index contributed by atoms with van der Waals surface area (Å²) in [6, 6.07) is 12.6. The van der Waals surface area contributed by atoms with E-state index in [4.69, 9.17) is 16.3 Å². The molecule has 25 heavy (non-hydrogen) atoms. The van der Waals surface area contributed by atoms with Gasteiger partial charge >= 0.3 is 0 Å². The second-order valence-electron chi connectivity index (χ2n) is 5.97. The molecule has 1 heterocycles. The number of rotatable bonds is 4. The molecule has 1 aliphatic rings. The predicted molar refractivity (Wildman–Crippen MR) is 100 cm³/mol. The molecule has 0 saturated carbocycles. The Morgan fingerprint density at radius 2 is 1.72 bits per heavy atom. The van der Waals surface area contributed by atoms with Crippen molar-refractivity contribution in [2.75, 3.05) is 38.2 Å². The molecule has 134 valence electrons. The first kappa shape index (κ1) is 18.0. The molecule has 3 rings (SSSR count). The minimum atomic E-state index is -3.51. The molecule has 0 bridgehead atoms. The summed E-state index contributed by atoms with van der Waals surface area (Å²) in [6.45, 7) is 3.92. The summed E-state index contributed by atoms with van der Waals surface area (Å²) in [5.41, 5.74) is 1.75. The predicted octanol–water partition coefficient (Wildman–Crippen LogP) is 3.17. The van der Waals surface area contributed by atoms with Crippen molar-refractivity contribution in [2.45, 2.75) is 11.8 Å². The zero-order chi connectivity index (χ0) is 18.0. The molecule has 1 aliphatic heterocycles. The number of hydrogen-bond donors (Lipinski definition) is 0. The number of benzene rings is 2. The second kappa shape index (κ2) is 7.23. The molecule has 7 heteroatoms. The van der Waals surface area contributed by atoms with E-state index in [0.717, 1.165) is 11.3 Å². The Labute approximate surface area is 153 Å². The minimum Gasteiger partial charge on any atom is -0.496 e. The number of nitrogens with zero attached hydrogens (tertiary/aromatic N) is 2. The summed E-state index contributed by atoms with van der Waals surface area (Å²) in [4.78, 5) is 2.42. The van der Waals surface area contributed by atoms with Crippen molar-refractivity contribution in [1.82, 2.24) is 4.31 Å². The van der Waals surface area contributed by atoms with Gasteiger partial charge in [0.05, 0.1) is 22.7 Å². The molecule has 0 spiro atoms. The Kier molecular flexibility index (Phi) is 5.22. The lowest BCUT2D eigenvalue weighted by atomic mass is 10.2. The number of aryl methyl sites for hydroxylation is 1. The average molecular weight is 381 g/mol. The summed E-state index contributed by atoms with van der Waals surface area (Å²) in [7, 11) is -1.93. The lowest BCUT2D eigenvalue weighted by Crippen LogP contribution is -2.48. The Balaban J connectivity index is 1.76. The zero-order valence-corrected chi connectivity index (χ0v) is 15.8. The van der Waals surface area contributed by atoms with E-state index in [1.165, 1.54) is 4.31 Å². The highest BCUT2D eigenvalue weighted by Crippen LogP contribution is 2.28. The molecule has 0 aromatic heterocycles. The van der Waals surface area contributed by atoms with Gasteiger partial charge in [0, 0.05) is 26.2 Å². The summed E-state index contributed by atoms with van der Waals surface area (Å²) in [5, 5.41) is 0.685. The third kappa shape index (κ3) is 3.61. The summed E-state index contributed by atoms with van der Waals surface area (Å²) >= 11 is 6.24. The highest BCUT2D eigenvalue weighted by atomic mass is 35.5. The van der Waals surface area contributed by atoms with Gasteiger partial charge in [-0.15, -0.1) is 0 Å². The molecule has 0 radical (unpaired) electrons. The average Bonchev–Trinajstić information content (AvgIpc) is 2.62. The van der Waals surface area contributed by atoms with E-state index in [-0.39, 0.29) is 0 Å². The van der Waals surface area contributed by atoms with Crippen LogP contribution in [0.2, 0.25) is 5.02 Å². The number of piperazine rings is 1. The van der Waals surface area contributed by atoms with Crippen LogP contribution in [0.15, 0.2) is 47.4 Å². The molecule has 0 amide bonds. The topological polar surface area (TPSA) is 49.9 Å². The third-order valence-electron chi connectivity index (χ3n) is 4.44. The van der Waals surface area contributed by atoms with Crippen molar-refractivity contribution >= 4 is 27.3 Å². The van der Waals surface area contributed by atoms with Crippen LogP contribution in [0.3, 0.4) is 0 Å². The van der Waals surface area contributed by atoms with Crippen molar-refractivity contribution in [3.05, 3.63) is 53.1 Å². The highest BCUT2D eigenvalue weighted by Gasteiger charge is 2.29. The first-order valence-corrected chi connectivity index (χ1v) is 9.89. The van der Waals surface area contributed by atoms with Gasteiger partial charge in [0.15, 0.2) is 0 Å². The largest absolute Gasteiger partial charge is 0.496 e. The van der Waals surface area contributed by atoms with Crippen LogP contribution >= 0.6 is 11.6 Å². The van der Waals surface area contributed by atoms with Crippen LogP contribution in [-0.2, 0) is 10.0 Å². The van der Waals surface area contributed by atoms with Crippen LogP contribution in [0, 0.1) is 6.92 Å². The van der Waals surface area contributed by atoms with Gasteiger partial charge in [0.25, 0.3) is 0 Å². The normalized spacial score (nSPS) is 16.0. The maximum atomic E-state index is 12.9. The van der Waals surface area contributed by atoms with Gasteiger partial charge in [-0.2, -0.15) is 4.31 Å². The van der Waals surface area contributed by atoms with E-state index < -0.39 is 10.0 Å². The minimum absolute atomic E-state index is 0.303. The molecular weight excluding hydrogens is 360 g/mol. The van der Waals surface area contributed by atoms with Gasteiger partial charge in [0.2, 0.25) is 10.0 Å². The van der Waals surface area contributed by atoms with Crippen molar-refractivity contribution in [3.8, 4) is 5.75 Å². The van der Waals surface area contributed by atoms with E-state index in [9.17, 15) is 8.42 Å². The van der Waals surface area contributed by atoms with Crippen molar-refractivity contribution in [3.63, 3.8) is 0 Å². The van der Waals surface area contributed by atoms with Crippen molar-refractivity contribution < 1.29 is 13.2 Å². The number of methoxy groups -OCH3 is 1. The second-order valence-corrected chi connectivity index (χ2v) is 8.32. The van der Waals surface area contributed by atoms with E-state index in [2.05, 4.69) is 4.90 Å². The van der Waals surface area contributed by atoms with Gasteiger partial charge in [0.1, 0.15) is 5.75 Å². The Morgan fingerprint density at radius 1 is 1.04 bits per heavy atom. The summed E-state index contributed by atoms with van der Waals surface area (Å²) < 4.78 is 32.5. The Morgan fingerprint density at radius 3 is 2.32 bits per heavy atom. The van der Waals surface area contributed by atoms with E-state index in [1.54, 1.807) is 25.3 Å². The van der Waals surface area contributed by atoms with Crippen LogP contribution in [0.4, 0.5) is 5.69 Å². The lowest BCUT2D eigenvalue weighted by molar-refractivity contribution is 0.384. The van der Waals surface area contributed by atoms with Crippen molar-refractivity contribution in [2.24, 2.45) is 0 Å². The number of ether oxygens (including phenoxy) is 1. The first-order valence-electron chi connectivity index (χ1n) is 8.08. The van der Waals surface area contributed by atoms with Gasteiger partial charge in [-0.1, -0.05) is 23.7 Å². The molecule has 0 N–H and O–H groups in total. The molecular formula is C18H21ClN2O3S. The fourth-order valence-electron chi connectivity index (χ4n) is 3.04. The number of para-hydroxylation sites is 1. The van der Waals surface area contributed by atoms with Gasteiger partial charge < -0.3 is 9.64 Å². The molecule has 0 atom stereocenters. The van der Waals surface area contributed by atoms with E-state index in [1.807, 2.05) is 31.2 Å². The molecule has 1 saturated heterocycles. The Hall–Kier alpha value is -1.76. The standard InChI is InChI=1S/C18H21ClN2O3S/c1-14-13-15(7-8-18(14)24-2)25(22,23)21-11-9-20(10-12-21)17-6-4-3-5-16(17)19/h3-8,13H,9-12H2,1-2H3. The molecule has 2 aromatic rings.